The van der Waals surface area contributed by atoms with E-state index in [0.29, 0.717) is 3.92 Å². The standard InChI is InChI=1S/C20H30INO4S/c1-14-8-10-17(11-9-14)27(24,25)22-18(13-26-19(23)20(2,3)4)15-6-5-7-16(21)12-15/h8-11,15-16,18,22H,5-7,12-13H2,1-4H3/t15-,16+,18-/m1/s1. The van der Waals surface area contributed by atoms with Crippen LogP contribution in [0.1, 0.15) is 52.0 Å². The van der Waals surface area contributed by atoms with Crippen LogP contribution in [0, 0.1) is 18.3 Å². The Hall–Kier alpha value is -0.670. The van der Waals surface area contributed by atoms with E-state index in [1.54, 1.807) is 45.0 Å². The molecule has 152 valence electrons. The van der Waals surface area contributed by atoms with Gasteiger partial charge in [0.1, 0.15) is 6.61 Å². The van der Waals surface area contributed by atoms with Gasteiger partial charge in [-0.15, -0.1) is 0 Å². The van der Waals surface area contributed by atoms with Crippen molar-refractivity contribution in [3.8, 4) is 0 Å². The number of hydrogen-bond acceptors (Lipinski definition) is 4. The maximum Gasteiger partial charge on any atom is 0.311 e. The zero-order valence-electron chi connectivity index (χ0n) is 16.5. The number of halogens is 1. The Morgan fingerprint density at radius 2 is 1.89 bits per heavy atom. The fourth-order valence-corrected chi connectivity index (χ4v) is 5.55. The molecule has 0 aliphatic heterocycles. The number of nitrogens with one attached hydrogen (secondary N) is 1. The van der Waals surface area contributed by atoms with Crippen LogP contribution in [0.15, 0.2) is 29.2 Å². The Kier molecular flexibility index (Phi) is 7.72. The van der Waals surface area contributed by atoms with Crippen molar-refractivity contribution in [3.05, 3.63) is 29.8 Å². The van der Waals surface area contributed by atoms with Crippen LogP contribution in [0.25, 0.3) is 0 Å². The first kappa shape index (κ1) is 22.6. The molecule has 1 aliphatic rings. The molecular formula is C20H30INO4S. The lowest BCUT2D eigenvalue weighted by molar-refractivity contribution is -0.154. The van der Waals surface area contributed by atoms with Gasteiger partial charge in [0.2, 0.25) is 10.0 Å². The van der Waals surface area contributed by atoms with Crippen molar-refractivity contribution in [2.24, 2.45) is 11.3 Å². The van der Waals surface area contributed by atoms with E-state index in [1.165, 1.54) is 0 Å². The number of carbonyl (C=O) groups is 1. The molecule has 0 unspecified atom stereocenters. The summed E-state index contributed by atoms with van der Waals surface area (Å²) in [6, 6.07) is 6.37. The van der Waals surface area contributed by atoms with E-state index in [1.807, 2.05) is 6.92 Å². The highest BCUT2D eigenvalue weighted by Gasteiger charge is 2.33. The summed E-state index contributed by atoms with van der Waals surface area (Å²) in [5.74, 6) is -0.155. The second kappa shape index (κ2) is 9.22. The van der Waals surface area contributed by atoms with Crippen molar-refractivity contribution >= 4 is 38.6 Å². The van der Waals surface area contributed by atoms with E-state index in [0.717, 1.165) is 31.2 Å². The molecule has 7 heteroatoms. The van der Waals surface area contributed by atoms with Crippen molar-refractivity contribution in [2.45, 2.75) is 68.2 Å². The molecule has 0 radical (unpaired) electrons. The molecule has 0 heterocycles. The number of rotatable bonds is 6. The van der Waals surface area contributed by atoms with Crippen LogP contribution >= 0.6 is 22.6 Å². The molecule has 0 bridgehead atoms. The van der Waals surface area contributed by atoms with Crippen LogP contribution in [0.5, 0.6) is 0 Å². The fraction of sp³-hybridized carbons (Fsp3) is 0.650. The maximum atomic E-state index is 12.9. The number of hydrogen-bond donors (Lipinski definition) is 1. The van der Waals surface area contributed by atoms with Crippen molar-refractivity contribution in [1.82, 2.24) is 4.72 Å². The summed E-state index contributed by atoms with van der Waals surface area (Å²) < 4.78 is 34.6. The van der Waals surface area contributed by atoms with Crippen LogP contribution in [-0.2, 0) is 19.6 Å². The van der Waals surface area contributed by atoms with E-state index in [2.05, 4.69) is 27.3 Å². The van der Waals surface area contributed by atoms with Crippen molar-refractivity contribution < 1.29 is 17.9 Å². The summed E-state index contributed by atoms with van der Waals surface area (Å²) in [7, 11) is -3.67. The van der Waals surface area contributed by atoms with Crippen LogP contribution in [0.4, 0.5) is 0 Å². The first-order valence-electron chi connectivity index (χ1n) is 9.39. The van der Waals surface area contributed by atoms with Gasteiger partial charge in [-0.3, -0.25) is 4.79 Å². The molecule has 1 saturated carbocycles. The second-order valence-electron chi connectivity index (χ2n) is 8.41. The summed E-state index contributed by atoms with van der Waals surface area (Å²) >= 11 is 2.43. The molecule has 1 fully saturated rings. The van der Waals surface area contributed by atoms with Crippen molar-refractivity contribution in [3.63, 3.8) is 0 Å². The van der Waals surface area contributed by atoms with E-state index in [9.17, 15) is 13.2 Å². The molecule has 1 N–H and O–H groups in total. The van der Waals surface area contributed by atoms with Gasteiger partial charge >= 0.3 is 5.97 Å². The number of esters is 1. The highest BCUT2D eigenvalue weighted by Crippen LogP contribution is 2.32. The minimum Gasteiger partial charge on any atom is -0.464 e. The lowest BCUT2D eigenvalue weighted by Crippen LogP contribution is -2.46. The average molecular weight is 507 g/mol. The van der Waals surface area contributed by atoms with E-state index >= 15 is 0 Å². The third-order valence-electron chi connectivity index (χ3n) is 4.86. The molecule has 5 nitrogen and oxygen atoms in total. The highest BCUT2D eigenvalue weighted by molar-refractivity contribution is 14.1. The zero-order valence-corrected chi connectivity index (χ0v) is 19.5. The van der Waals surface area contributed by atoms with E-state index in [-0.39, 0.29) is 23.4 Å². The molecule has 2 rings (SSSR count). The maximum absolute atomic E-state index is 12.9. The Bertz CT molecular complexity index is 740. The third-order valence-corrected chi connectivity index (χ3v) is 7.50. The largest absolute Gasteiger partial charge is 0.464 e. The smallest absolute Gasteiger partial charge is 0.311 e. The SMILES string of the molecule is Cc1ccc(S(=O)(=O)N[C@H](COC(=O)C(C)(C)C)[C@@H]2CCC[C@H](I)C2)cc1. The lowest BCUT2D eigenvalue weighted by atomic mass is 9.84. The summed E-state index contributed by atoms with van der Waals surface area (Å²) in [6.45, 7) is 7.36. The van der Waals surface area contributed by atoms with Gasteiger partial charge in [-0.1, -0.05) is 46.7 Å². The minimum atomic E-state index is -3.67. The molecule has 27 heavy (non-hydrogen) atoms. The molecule has 0 aromatic heterocycles. The van der Waals surface area contributed by atoms with Gasteiger partial charge in [0.15, 0.2) is 0 Å². The predicted octanol–water partition coefficient (Wildman–Crippen LogP) is 4.23. The number of ether oxygens (including phenoxy) is 1. The highest BCUT2D eigenvalue weighted by atomic mass is 127. The Morgan fingerprint density at radius 3 is 2.44 bits per heavy atom. The van der Waals surface area contributed by atoms with Crippen molar-refractivity contribution in [2.75, 3.05) is 6.61 Å². The molecular weight excluding hydrogens is 477 g/mol. The first-order chi connectivity index (χ1) is 12.5. The second-order valence-corrected chi connectivity index (χ2v) is 11.9. The van der Waals surface area contributed by atoms with Gasteiger partial charge in [0, 0.05) is 3.92 Å². The average Bonchev–Trinajstić information content (AvgIpc) is 2.57. The zero-order chi connectivity index (χ0) is 20.2. The number of carbonyl (C=O) groups excluding carboxylic acids is 1. The summed E-state index contributed by atoms with van der Waals surface area (Å²) in [6.07, 6.45) is 4.08. The molecule has 0 saturated heterocycles. The summed E-state index contributed by atoms with van der Waals surface area (Å²) in [4.78, 5) is 12.4. The van der Waals surface area contributed by atoms with E-state index < -0.39 is 21.5 Å². The third kappa shape index (κ3) is 6.71. The lowest BCUT2D eigenvalue weighted by Gasteiger charge is -2.33. The Labute approximate surface area is 176 Å². The molecule has 1 aliphatic carbocycles. The van der Waals surface area contributed by atoms with Gasteiger partial charge < -0.3 is 4.74 Å². The summed E-state index contributed by atoms with van der Waals surface area (Å²) in [5.41, 5.74) is 0.392. The number of alkyl halides is 1. The molecule has 0 amide bonds. The molecule has 3 atom stereocenters. The summed E-state index contributed by atoms with van der Waals surface area (Å²) in [5, 5.41) is 0. The number of benzene rings is 1. The van der Waals surface area contributed by atoms with Gasteiger partial charge in [-0.25, -0.2) is 13.1 Å². The predicted molar refractivity (Wildman–Crippen MR) is 115 cm³/mol. The van der Waals surface area contributed by atoms with Gasteiger partial charge in [0.25, 0.3) is 0 Å². The van der Waals surface area contributed by atoms with E-state index in [4.69, 9.17) is 4.74 Å². The van der Waals surface area contributed by atoms with Gasteiger partial charge in [-0.2, -0.15) is 0 Å². The molecule has 0 spiro atoms. The van der Waals surface area contributed by atoms with Crippen LogP contribution < -0.4 is 4.72 Å². The van der Waals surface area contributed by atoms with Crippen LogP contribution in [-0.4, -0.2) is 31.0 Å². The van der Waals surface area contributed by atoms with Crippen molar-refractivity contribution in [1.29, 1.82) is 0 Å². The number of sulfonamides is 1. The molecule has 1 aromatic rings. The van der Waals surface area contributed by atoms with Gasteiger partial charge in [0.05, 0.1) is 16.4 Å². The normalized spacial score (nSPS) is 22.3. The Balaban J connectivity index is 2.17. The Morgan fingerprint density at radius 1 is 1.26 bits per heavy atom. The first-order valence-corrected chi connectivity index (χ1v) is 12.1. The quantitative estimate of drug-likeness (QED) is 0.356. The number of aryl methyl sites for hydroxylation is 1. The minimum absolute atomic E-state index is 0.0647. The van der Waals surface area contributed by atoms with Crippen LogP contribution in [0.2, 0.25) is 0 Å². The molecule has 1 aromatic carbocycles. The van der Waals surface area contributed by atoms with Gasteiger partial charge in [-0.05, 0) is 65.0 Å². The fourth-order valence-electron chi connectivity index (χ4n) is 3.16. The topological polar surface area (TPSA) is 72.5 Å². The monoisotopic (exact) mass is 507 g/mol. The van der Waals surface area contributed by atoms with Crippen LogP contribution in [0.3, 0.4) is 0 Å².